The minimum Gasteiger partial charge on any atom is -0.207 e. The summed E-state index contributed by atoms with van der Waals surface area (Å²) in [5.41, 5.74) is 1.85. The molecule has 15 heavy (non-hydrogen) atoms. The van der Waals surface area contributed by atoms with Gasteiger partial charge in [0.05, 0.1) is 0 Å². The zero-order chi connectivity index (χ0) is 10.7. The molecule has 1 atom stereocenters. The lowest BCUT2D eigenvalue weighted by atomic mass is 9.90. The molecule has 0 heterocycles. The molecule has 1 aliphatic rings. The number of rotatable bonds is 2. The minimum atomic E-state index is -0.0766. The summed E-state index contributed by atoms with van der Waals surface area (Å²) >= 11 is 0. The van der Waals surface area contributed by atoms with Crippen LogP contribution in [0.2, 0.25) is 0 Å². The van der Waals surface area contributed by atoms with Crippen LogP contribution in [0.3, 0.4) is 0 Å². The van der Waals surface area contributed by atoms with Crippen LogP contribution in [0.5, 0.6) is 0 Å². The first-order valence-corrected chi connectivity index (χ1v) is 5.67. The van der Waals surface area contributed by atoms with Crippen molar-refractivity contribution in [2.75, 3.05) is 0 Å². The van der Waals surface area contributed by atoms with Crippen molar-refractivity contribution >= 4 is 0 Å². The van der Waals surface area contributed by atoms with Crippen LogP contribution in [0.15, 0.2) is 30.4 Å². The average molecular weight is 204 g/mol. The molecule has 0 aliphatic heterocycles. The smallest absolute Gasteiger partial charge is 0.126 e. The van der Waals surface area contributed by atoms with Gasteiger partial charge in [-0.3, -0.25) is 0 Å². The summed E-state index contributed by atoms with van der Waals surface area (Å²) in [6.45, 7) is 1.81. The van der Waals surface area contributed by atoms with Crippen LogP contribution < -0.4 is 0 Å². The monoisotopic (exact) mass is 204 g/mol. The molecule has 0 amide bonds. The van der Waals surface area contributed by atoms with Gasteiger partial charge in [-0.05, 0) is 55.7 Å². The van der Waals surface area contributed by atoms with Gasteiger partial charge in [-0.25, -0.2) is 4.39 Å². The summed E-state index contributed by atoms with van der Waals surface area (Å²) in [7, 11) is 0. The lowest BCUT2D eigenvalue weighted by molar-refractivity contribution is 0.535. The van der Waals surface area contributed by atoms with E-state index in [-0.39, 0.29) is 5.82 Å². The fourth-order valence-electron chi connectivity index (χ4n) is 2.12. The van der Waals surface area contributed by atoms with Crippen LogP contribution in [0, 0.1) is 18.7 Å². The summed E-state index contributed by atoms with van der Waals surface area (Å²) in [6.07, 6.45) is 9.23. The van der Waals surface area contributed by atoms with E-state index in [4.69, 9.17) is 0 Å². The maximum absolute atomic E-state index is 13.3. The Morgan fingerprint density at radius 3 is 2.93 bits per heavy atom. The Kier molecular flexibility index (Phi) is 3.20. The molecule has 0 saturated carbocycles. The van der Waals surface area contributed by atoms with E-state index in [1.807, 2.05) is 12.1 Å². The number of hydrogen-bond donors (Lipinski definition) is 0. The molecule has 0 bridgehead atoms. The lowest BCUT2D eigenvalue weighted by Gasteiger charge is -2.16. The highest BCUT2D eigenvalue weighted by molar-refractivity contribution is 5.24. The van der Waals surface area contributed by atoms with Crippen LogP contribution in [0.25, 0.3) is 0 Å². The molecule has 0 N–H and O–H groups in total. The highest BCUT2D eigenvalue weighted by Gasteiger charge is 2.09. The van der Waals surface area contributed by atoms with Crippen molar-refractivity contribution in [1.82, 2.24) is 0 Å². The van der Waals surface area contributed by atoms with Crippen molar-refractivity contribution in [3.63, 3.8) is 0 Å². The fourth-order valence-corrected chi connectivity index (χ4v) is 2.12. The molecule has 1 unspecified atom stereocenters. The molecule has 0 radical (unpaired) electrons. The Hall–Kier alpha value is -1.11. The molecular weight excluding hydrogens is 187 g/mol. The quantitative estimate of drug-likeness (QED) is 0.638. The molecule has 1 aliphatic carbocycles. The highest BCUT2D eigenvalue weighted by atomic mass is 19.1. The SMILES string of the molecule is Cc1ccc(CC2C=CCCC2)cc1F. The van der Waals surface area contributed by atoms with E-state index in [9.17, 15) is 4.39 Å². The molecule has 0 aromatic heterocycles. The van der Waals surface area contributed by atoms with Gasteiger partial charge in [0, 0.05) is 0 Å². The zero-order valence-corrected chi connectivity index (χ0v) is 9.17. The van der Waals surface area contributed by atoms with Gasteiger partial charge >= 0.3 is 0 Å². The molecule has 2 rings (SSSR count). The zero-order valence-electron chi connectivity index (χ0n) is 9.17. The Bertz CT molecular complexity index is 366. The van der Waals surface area contributed by atoms with Gasteiger partial charge in [0.2, 0.25) is 0 Å². The van der Waals surface area contributed by atoms with Crippen molar-refractivity contribution in [3.8, 4) is 0 Å². The number of benzene rings is 1. The Morgan fingerprint density at radius 1 is 1.40 bits per heavy atom. The van der Waals surface area contributed by atoms with Gasteiger partial charge in [-0.1, -0.05) is 24.3 Å². The van der Waals surface area contributed by atoms with Crippen molar-refractivity contribution in [2.24, 2.45) is 5.92 Å². The van der Waals surface area contributed by atoms with E-state index in [2.05, 4.69) is 12.2 Å². The first kappa shape index (κ1) is 10.4. The van der Waals surface area contributed by atoms with Crippen molar-refractivity contribution in [3.05, 3.63) is 47.3 Å². The van der Waals surface area contributed by atoms with Crippen LogP contribution in [0.4, 0.5) is 4.39 Å². The molecule has 1 heteroatoms. The second-order valence-electron chi connectivity index (χ2n) is 4.41. The standard InChI is InChI=1S/C14H17F/c1-11-7-8-13(10-14(11)15)9-12-5-3-2-4-6-12/h3,5,7-8,10,12H,2,4,6,9H2,1H3. The molecule has 0 spiro atoms. The number of halogens is 1. The summed E-state index contributed by atoms with van der Waals surface area (Å²) in [5, 5.41) is 0. The third kappa shape index (κ3) is 2.68. The summed E-state index contributed by atoms with van der Waals surface area (Å²) in [6, 6.07) is 5.59. The predicted molar refractivity (Wildman–Crippen MR) is 61.3 cm³/mol. The molecule has 80 valence electrons. The van der Waals surface area contributed by atoms with E-state index in [1.165, 1.54) is 19.3 Å². The van der Waals surface area contributed by atoms with Gasteiger partial charge in [-0.15, -0.1) is 0 Å². The Morgan fingerprint density at radius 2 is 2.27 bits per heavy atom. The van der Waals surface area contributed by atoms with Crippen LogP contribution in [-0.2, 0) is 6.42 Å². The predicted octanol–water partition coefficient (Wildman–Crippen LogP) is 4.03. The van der Waals surface area contributed by atoms with Crippen LogP contribution >= 0.6 is 0 Å². The average Bonchev–Trinajstić information content (AvgIpc) is 2.25. The van der Waals surface area contributed by atoms with E-state index in [0.29, 0.717) is 5.92 Å². The lowest BCUT2D eigenvalue weighted by Crippen LogP contribution is -2.04. The normalized spacial score (nSPS) is 20.5. The minimum absolute atomic E-state index is 0.0766. The summed E-state index contributed by atoms with van der Waals surface area (Å²) < 4.78 is 13.3. The van der Waals surface area contributed by atoms with Gasteiger partial charge < -0.3 is 0 Å². The van der Waals surface area contributed by atoms with Gasteiger partial charge in [0.25, 0.3) is 0 Å². The second-order valence-corrected chi connectivity index (χ2v) is 4.41. The van der Waals surface area contributed by atoms with Gasteiger partial charge in [-0.2, -0.15) is 0 Å². The topological polar surface area (TPSA) is 0 Å². The number of aryl methyl sites for hydroxylation is 1. The largest absolute Gasteiger partial charge is 0.207 e. The third-order valence-electron chi connectivity index (χ3n) is 3.09. The molecule has 0 saturated heterocycles. The first-order chi connectivity index (χ1) is 7.25. The van der Waals surface area contributed by atoms with Crippen LogP contribution in [0.1, 0.15) is 30.4 Å². The van der Waals surface area contributed by atoms with E-state index < -0.39 is 0 Å². The third-order valence-corrected chi connectivity index (χ3v) is 3.09. The molecule has 1 aromatic carbocycles. The van der Waals surface area contributed by atoms with E-state index in [1.54, 1.807) is 13.0 Å². The van der Waals surface area contributed by atoms with Crippen LogP contribution in [-0.4, -0.2) is 0 Å². The summed E-state index contributed by atoms with van der Waals surface area (Å²) in [5.74, 6) is 0.535. The molecule has 0 nitrogen and oxygen atoms in total. The van der Waals surface area contributed by atoms with Gasteiger partial charge in [0.1, 0.15) is 5.82 Å². The number of hydrogen-bond acceptors (Lipinski definition) is 0. The summed E-state index contributed by atoms with van der Waals surface area (Å²) in [4.78, 5) is 0. The Balaban J connectivity index is 2.07. The second kappa shape index (κ2) is 4.61. The molecule has 0 fully saturated rings. The first-order valence-electron chi connectivity index (χ1n) is 5.67. The van der Waals surface area contributed by atoms with Crippen molar-refractivity contribution < 1.29 is 4.39 Å². The van der Waals surface area contributed by atoms with E-state index >= 15 is 0 Å². The fraction of sp³-hybridized carbons (Fsp3) is 0.429. The maximum atomic E-state index is 13.3. The van der Waals surface area contributed by atoms with Crippen molar-refractivity contribution in [2.45, 2.75) is 32.6 Å². The molecular formula is C14H17F. The van der Waals surface area contributed by atoms with E-state index in [0.717, 1.165) is 17.5 Å². The Labute approximate surface area is 90.8 Å². The van der Waals surface area contributed by atoms with Crippen molar-refractivity contribution in [1.29, 1.82) is 0 Å². The highest BCUT2D eigenvalue weighted by Crippen LogP contribution is 2.22. The maximum Gasteiger partial charge on any atom is 0.126 e. The van der Waals surface area contributed by atoms with Gasteiger partial charge in [0.15, 0.2) is 0 Å². The number of allylic oxidation sites excluding steroid dienone is 2. The molecule has 1 aromatic rings.